The van der Waals surface area contributed by atoms with E-state index in [0.29, 0.717) is 29.1 Å². The second kappa shape index (κ2) is 11.3. The molecule has 0 aliphatic heterocycles. The molecule has 1 fully saturated rings. The molecule has 0 atom stereocenters. The van der Waals surface area contributed by atoms with E-state index in [0.717, 1.165) is 40.7 Å². The van der Waals surface area contributed by atoms with E-state index in [1.807, 2.05) is 50.2 Å². The lowest BCUT2D eigenvalue weighted by molar-refractivity contribution is 0.102. The first-order valence-corrected chi connectivity index (χ1v) is 13.4. The van der Waals surface area contributed by atoms with Crippen LogP contribution in [0.25, 0.3) is 22.3 Å². The molecule has 0 unspecified atom stereocenters. The van der Waals surface area contributed by atoms with Gasteiger partial charge in [-0.2, -0.15) is 0 Å². The Labute approximate surface area is 237 Å². The minimum absolute atomic E-state index is 0.0454. The van der Waals surface area contributed by atoms with Crippen molar-refractivity contribution in [2.45, 2.75) is 38.8 Å². The highest BCUT2D eigenvalue weighted by Crippen LogP contribution is 2.38. The second-order valence-electron chi connectivity index (χ2n) is 10.6. The Morgan fingerprint density at radius 2 is 1.78 bits per heavy atom. The second-order valence-corrected chi connectivity index (χ2v) is 10.6. The zero-order valence-electron chi connectivity index (χ0n) is 23.5. The predicted molar refractivity (Wildman–Crippen MR) is 157 cm³/mol. The minimum atomic E-state index is -0.671. The Balaban J connectivity index is 1.45. The highest BCUT2D eigenvalue weighted by molar-refractivity contribution is 6.04. The number of ether oxygens (including phenoxy) is 1. The maximum absolute atomic E-state index is 15.4. The number of hydrogen-bond acceptors (Lipinski definition) is 6. The van der Waals surface area contributed by atoms with Crippen LogP contribution in [0.1, 0.15) is 39.9 Å². The number of aromatic nitrogens is 2. The standard InChI is InChI=1S/C32H33FN4O4/c1-19-22(21-13-27(33)25(29(14-21)41-4)15-34-17-32(40)11-12-32)7-5-8-23(19)24-9-6-10-28(20(24)2)36-30(38)26-16-35-18-37(3)31(26)39/h5-10,13-14,16,18,34,40H,11-12,15,17H2,1-4H3,(H,36,38). The van der Waals surface area contributed by atoms with Crippen molar-refractivity contribution in [1.29, 1.82) is 0 Å². The van der Waals surface area contributed by atoms with Crippen molar-refractivity contribution < 1.29 is 19.0 Å². The molecule has 1 heterocycles. The SMILES string of the molecule is COc1cc(-c2cccc(-c3cccc(NC(=O)c4cncn(C)c4=O)c3C)c2C)cc(F)c1CNCC1(O)CC1. The molecular weight excluding hydrogens is 523 g/mol. The van der Waals surface area contributed by atoms with Crippen LogP contribution in [0.2, 0.25) is 0 Å². The molecule has 0 radical (unpaired) electrons. The quantitative estimate of drug-likeness (QED) is 0.275. The van der Waals surface area contributed by atoms with Gasteiger partial charge in [0.1, 0.15) is 17.1 Å². The number of hydrogen-bond donors (Lipinski definition) is 3. The van der Waals surface area contributed by atoms with Gasteiger partial charge in [-0.1, -0.05) is 30.3 Å². The number of benzene rings is 3. The van der Waals surface area contributed by atoms with Crippen molar-refractivity contribution in [2.24, 2.45) is 7.05 Å². The zero-order chi connectivity index (χ0) is 29.3. The van der Waals surface area contributed by atoms with Gasteiger partial charge in [-0.05, 0) is 78.3 Å². The zero-order valence-corrected chi connectivity index (χ0v) is 23.5. The van der Waals surface area contributed by atoms with Gasteiger partial charge in [0.25, 0.3) is 11.5 Å². The predicted octanol–water partition coefficient (Wildman–Crippen LogP) is 4.75. The first-order valence-electron chi connectivity index (χ1n) is 13.4. The number of nitrogens with one attached hydrogen (secondary N) is 2. The lowest BCUT2D eigenvalue weighted by Gasteiger charge is -2.18. The summed E-state index contributed by atoms with van der Waals surface area (Å²) >= 11 is 0. The maximum Gasteiger partial charge on any atom is 0.265 e. The van der Waals surface area contributed by atoms with Crippen LogP contribution in [0.15, 0.2) is 65.8 Å². The number of carbonyl (C=O) groups excluding carboxylic acids is 1. The Kier molecular flexibility index (Phi) is 7.75. The number of nitrogens with zero attached hydrogens (tertiary/aromatic N) is 2. The van der Waals surface area contributed by atoms with Gasteiger partial charge in [-0.15, -0.1) is 0 Å². The molecular formula is C32H33FN4O4. The van der Waals surface area contributed by atoms with Gasteiger partial charge in [0.2, 0.25) is 0 Å². The van der Waals surface area contributed by atoms with Gasteiger partial charge in [0, 0.05) is 37.6 Å². The Morgan fingerprint density at radius 1 is 1.10 bits per heavy atom. The van der Waals surface area contributed by atoms with Crippen molar-refractivity contribution in [3.05, 3.63) is 99.5 Å². The summed E-state index contributed by atoms with van der Waals surface area (Å²) in [7, 11) is 3.06. The number of rotatable bonds is 9. The smallest absolute Gasteiger partial charge is 0.265 e. The van der Waals surface area contributed by atoms with Crippen molar-refractivity contribution >= 4 is 11.6 Å². The summed E-state index contributed by atoms with van der Waals surface area (Å²) in [6.45, 7) is 4.54. The summed E-state index contributed by atoms with van der Waals surface area (Å²) in [4.78, 5) is 29.2. The van der Waals surface area contributed by atoms with E-state index in [1.165, 1.54) is 30.3 Å². The molecule has 0 saturated heterocycles. The minimum Gasteiger partial charge on any atom is -0.496 e. The Morgan fingerprint density at radius 3 is 2.49 bits per heavy atom. The average molecular weight is 557 g/mol. The molecule has 3 aromatic carbocycles. The van der Waals surface area contributed by atoms with Crippen LogP contribution < -0.4 is 20.9 Å². The Bertz CT molecular complexity index is 1690. The van der Waals surface area contributed by atoms with E-state index < -0.39 is 17.1 Å². The van der Waals surface area contributed by atoms with Crippen molar-refractivity contribution in [2.75, 3.05) is 19.0 Å². The van der Waals surface area contributed by atoms with Crippen LogP contribution in [0.3, 0.4) is 0 Å². The van der Waals surface area contributed by atoms with E-state index in [4.69, 9.17) is 4.74 Å². The van der Waals surface area contributed by atoms with E-state index >= 15 is 4.39 Å². The largest absolute Gasteiger partial charge is 0.496 e. The van der Waals surface area contributed by atoms with Crippen molar-refractivity contribution in [3.8, 4) is 28.0 Å². The highest BCUT2D eigenvalue weighted by atomic mass is 19.1. The average Bonchev–Trinajstić information content (AvgIpc) is 3.69. The van der Waals surface area contributed by atoms with Crippen molar-refractivity contribution in [1.82, 2.24) is 14.9 Å². The van der Waals surface area contributed by atoms with Crippen LogP contribution in [0.4, 0.5) is 10.1 Å². The number of amides is 1. The highest BCUT2D eigenvalue weighted by Gasteiger charge is 2.39. The summed E-state index contributed by atoms with van der Waals surface area (Å²) in [6, 6.07) is 14.8. The van der Waals surface area contributed by atoms with Crippen LogP contribution in [-0.2, 0) is 13.6 Å². The van der Waals surface area contributed by atoms with Gasteiger partial charge in [-0.25, -0.2) is 9.37 Å². The summed E-state index contributed by atoms with van der Waals surface area (Å²) < 4.78 is 22.2. The molecule has 0 bridgehead atoms. The summed E-state index contributed by atoms with van der Waals surface area (Å²) in [6.07, 6.45) is 4.13. The molecule has 3 N–H and O–H groups in total. The van der Waals surface area contributed by atoms with Gasteiger partial charge in [0.05, 0.1) is 19.0 Å². The summed E-state index contributed by atoms with van der Waals surface area (Å²) in [5.74, 6) is -0.489. The van der Waals surface area contributed by atoms with E-state index in [-0.39, 0.29) is 17.9 Å². The van der Waals surface area contributed by atoms with E-state index in [2.05, 4.69) is 15.6 Å². The van der Waals surface area contributed by atoms with Gasteiger partial charge in [0.15, 0.2) is 0 Å². The van der Waals surface area contributed by atoms with Crippen LogP contribution in [-0.4, -0.2) is 39.8 Å². The molecule has 1 saturated carbocycles. The molecule has 5 rings (SSSR count). The lowest BCUT2D eigenvalue weighted by Crippen LogP contribution is -2.28. The number of halogens is 1. The fraction of sp³-hybridized carbons (Fsp3) is 0.281. The normalized spacial score (nSPS) is 13.6. The topological polar surface area (TPSA) is 105 Å². The van der Waals surface area contributed by atoms with Crippen molar-refractivity contribution in [3.63, 3.8) is 0 Å². The molecule has 0 spiro atoms. The number of anilines is 1. The maximum atomic E-state index is 15.4. The van der Waals surface area contributed by atoms with Crippen LogP contribution in [0.5, 0.6) is 5.75 Å². The third kappa shape index (κ3) is 5.77. The molecule has 212 valence electrons. The molecule has 9 heteroatoms. The first-order chi connectivity index (χ1) is 19.6. The van der Waals surface area contributed by atoms with Crippen LogP contribution in [0, 0.1) is 19.7 Å². The van der Waals surface area contributed by atoms with Gasteiger partial charge < -0.3 is 25.0 Å². The molecule has 1 aromatic heterocycles. The summed E-state index contributed by atoms with van der Waals surface area (Å²) in [5, 5.41) is 16.1. The third-order valence-corrected chi connectivity index (χ3v) is 7.71. The first kappa shape index (κ1) is 28.2. The number of methoxy groups -OCH3 is 1. The Hall–Kier alpha value is -4.34. The van der Waals surface area contributed by atoms with E-state index in [1.54, 1.807) is 13.1 Å². The van der Waals surface area contributed by atoms with E-state index in [9.17, 15) is 14.7 Å². The number of carbonyl (C=O) groups is 1. The van der Waals surface area contributed by atoms with Gasteiger partial charge in [-0.3, -0.25) is 9.59 Å². The molecule has 8 nitrogen and oxygen atoms in total. The monoisotopic (exact) mass is 556 g/mol. The fourth-order valence-electron chi connectivity index (χ4n) is 5.02. The molecule has 4 aromatic rings. The number of aliphatic hydroxyl groups is 1. The molecule has 41 heavy (non-hydrogen) atoms. The third-order valence-electron chi connectivity index (χ3n) is 7.71. The molecule has 1 aliphatic carbocycles. The van der Waals surface area contributed by atoms with Gasteiger partial charge >= 0.3 is 0 Å². The lowest BCUT2D eigenvalue weighted by atomic mass is 9.90. The number of aryl methyl sites for hydroxylation is 1. The van der Waals surface area contributed by atoms with Crippen LogP contribution >= 0.6 is 0 Å². The summed E-state index contributed by atoms with van der Waals surface area (Å²) in [5.41, 5.74) is 4.94. The molecule has 1 amide bonds. The molecule has 1 aliphatic rings. The fourth-order valence-corrected chi connectivity index (χ4v) is 5.02.